The largest absolute Gasteiger partial charge is 0.351 e. The second kappa shape index (κ2) is 6.34. The molecule has 0 saturated heterocycles. The Morgan fingerprint density at radius 1 is 1.08 bits per heavy atom. The zero-order chi connectivity index (χ0) is 18.2. The van der Waals surface area contributed by atoms with Gasteiger partial charge < -0.3 is 10.3 Å². The molecule has 1 amide bonds. The van der Waals surface area contributed by atoms with Gasteiger partial charge in [0.15, 0.2) is 0 Å². The monoisotopic (exact) mass is 357 g/mol. The smallest absolute Gasteiger partial charge is 0.272 e. The summed E-state index contributed by atoms with van der Waals surface area (Å²) in [7, 11) is -0.623. The van der Waals surface area contributed by atoms with Gasteiger partial charge in [0.05, 0.1) is 4.90 Å². The van der Waals surface area contributed by atoms with E-state index in [0.717, 1.165) is 15.2 Å². The molecule has 0 aliphatic rings. The fourth-order valence-corrected chi connectivity index (χ4v) is 3.69. The highest BCUT2D eigenvalue weighted by molar-refractivity contribution is 7.89. The molecule has 0 atom stereocenters. The molecule has 0 aliphatic heterocycles. The van der Waals surface area contributed by atoms with Crippen molar-refractivity contribution in [2.24, 2.45) is 0 Å². The molecule has 130 valence electrons. The Bertz CT molecular complexity index is 1020. The van der Waals surface area contributed by atoms with Crippen LogP contribution in [0, 0.1) is 6.92 Å². The molecule has 7 heteroatoms. The number of hydrogen-bond acceptors (Lipinski definition) is 3. The molecule has 0 saturated carbocycles. The number of carbonyl (C=O) groups excluding carboxylic acids is 1. The molecular weight excluding hydrogens is 338 g/mol. The van der Waals surface area contributed by atoms with E-state index in [1.165, 1.54) is 20.2 Å². The Morgan fingerprint density at radius 2 is 1.80 bits per heavy atom. The maximum absolute atomic E-state index is 12.5. The summed E-state index contributed by atoms with van der Waals surface area (Å²) >= 11 is 0. The van der Waals surface area contributed by atoms with E-state index in [1.54, 1.807) is 25.1 Å². The summed E-state index contributed by atoms with van der Waals surface area (Å²) in [5.74, 6) is -0.326. The zero-order valence-electron chi connectivity index (χ0n) is 14.2. The molecule has 0 radical (unpaired) electrons. The second-order valence-electron chi connectivity index (χ2n) is 5.99. The van der Waals surface area contributed by atoms with Crippen LogP contribution in [0.1, 0.15) is 16.1 Å². The number of rotatable bonds is 4. The van der Waals surface area contributed by atoms with Gasteiger partial charge in [0.1, 0.15) is 5.69 Å². The highest BCUT2D eigenvalue weighted by Crippen LogP contribution is 2.23. The Hall–Kier alpha value is -2.64. The molecule has 2 aromatic carbocycles. The summed E-state index contributed by atoms with van der Waals surface area (Å²) in [5, 5.41) is 3.68. The number of anilines is 1. The molecule has 3 aromatic rings. The Labute approximate surface area is 146 Å². The quantitative estimate of drug-likeness (QED) is 0.753. The third kappa shape index (κ3) is 3.29. The number of aryl methyl sites for hydroxylation is 1. The van der Waals surface area contributed by atoms with Crippen molar-refractivity contribution in [3.63, 3.8) is 0 Å². The van der Waals surface area contributed by atoms with Gasteiger partial charge in [-0.05, 0) is 36.8 Å². The average molecular weight is 357 g/mol. The van der Waals surface area contributed by atoms with E-state index in [4.69, 9.17) is 0 Å². The first-order chi connectivity index (χ1) is 11.8. The average Bonchev–Trinajstić information content (AvgIpc) is 3.00. The van der Waals surface area contributed by atoms with Crippen LogP contribution < -0.4 is 5.32 Å². The van der Waals surface area contributed by atoms with Crippen LogP contribution in [0.2, 0.25) is 0 Å². The predicted molar refractivity (Wildman–Crippen MR) is 98.3 cm³/mol. The minimum Gasteiger partial charge on any atom is -0.351 e. The lowest BCUT2D eigenvalue weighted by atomic mass is 10.2. The number of H-pyrrole nitrogens is 1. The normalized spacial score (nSPS) is 11.8. The SMILES string of the molecule is Cc1ccc(NC(=O)c2cc3ccccc3[nH]2)cc1S(=O)(=O)N(C)C. The highest BCUT2D eigenvalue weighted by atomic mass is 32.2. The predicted octanol–water partition coefficient (Wildman–Crippen LogP) is 2.98. The summed E-state index contributed by atoms with van der Waals surface area (Å²) in [6.07, 6.45) is 0. The minimum atomic E-state index is -3.58. The van der Waals surface area contributed by atoms with Crippen molar-refractivity contribution in [3.05, 3.63) is 59.8 Å². The van der Waals surface area contributed by atoms with Crippen LogP contribution in [0.5, 0.6) is 0 Å². The van der Waals surface area contributed by atoms with Crippen LogP contribution in [0.25, 0.3) is 10.9 Å². The van der Waals surface area contributed by atoms with Crippen molar-refractivity contribution < 1.29 is 13.2 Å². The maximum atomic E-state index is 12.5. The third-order valence-electron chi connectivity index (χ3n) is 3.98. The molecule has 0 fully saturated rings. The number of para-hydroxylation sites is 1. The fourth-order valence-electron chi connectivity index (χ4n) is 2.55. The first-order valence-corrected chi connectivity index (χ1v) is 9.15. The van der Waals surface area contributed by atoms with E-state index >= 15 is 0 Å². The van der Waals surface area contributed by atoms with Crippen LogP contribution in [-0.2, 0) is 10.0 Å². The van der Waals surface area contributed by atoms with E-state index in [-0.39, 0.29) is 10.8 Å². The zero-order valence-corrected chi connectivity index (χ0v) is 15.0. The second-order valence-corrected chi connectivity index (χ2v) is 8.11. The fraction of sp³-hybridized carbons (Fsp3) is 0.167. The molecular formula is C18H19N3O3S. The number of hydrogen-bond donors (Lipinski definition) is 2. The summed E-state index contributed by atoms with van der Waals surface area (Å²) in [4.78, 5) is 15.7. The van der Waals surface area contributed by atoms with Gasteiger partial charge >= 0.3 is 0 Å². The standard InChI is InChI=1S/C18H19N3O3S/c1-12-8-9-14(11-17(12)25(23,24)21(2)3)19-18(22)16-10-13-6-4-5-7-15(13)20-16/h4-11,20H,1-3H3,(H,19,22). The van der Waals surface area contributed by atoms with Crippen LogP contribution in [0.4, 0.5) is 5.69 Å². The van der Waals surface area contributed by atoms with Crippen LogP contribution in [0.15, 0.2) is 53.4 Å². The van der Waals surface area contributed by atoms with Gasteiger partial charge in [-0.2, -0.15) is 0 Å². The Balaban J connectivity index is 1.91. The van der Waals surface area contributed by atoms with E-state index in [9.17, 15) is 13.2 Å². The molecule has 0 spiro atoms. The number of amides is 1. The molecule has 1 aromatic heterocycles. The van der Waals surface area contributed by atoms with Gasteiger partial charge in [-0.3, -0.25) is 4.79 Å². The number of nitrogens with one attached hydrogen (secondary N) is 2. The van der Waals surface area contributed by atoms with Crippen molar-refractivity contribution >= 4 is 32.5 Å². The Morgan fingerprint density at radius 3 is 2.48 bits per heavy atom. The highest BCUT2D eigenvalue weighted by Gasteiger charge is 2.20. The topological polar surface area (TPSA) is 82.3 Å². The minimum absolute atomic E-state index is 0.173. The van der Waals surface area contributed by atoms with Crippen molar-refractivity contribution in [3.8, 4) is 0 Å². The molecule has 6 nitrogen and oxygen atoms in total. The molecule has 3 rings (SSSR count). The molecule has 0 bridgehead atoms. The number of nitrogens with zero attached hydrogens (tertiary/aromatic N) is 1. The van der Waals surface area contributed by atoms with Gasteiger partial charge in [-0.1, -0.05) is 24.3 Å². The van der Waals surface area contributed by atoms with Gasteiger partial charge in [-0.25, -0.2) is 12.7 Å². The number of benzene rings is 2. The lowest BCUT2D eigenvalue weighted by Crippen LogP contribution is -2.23. The van der Waals surface area contributed by atoms with E-state index < -0.39 is 10.0 Å². The van der Waals surface area contributed by atoms with Gasteiger partial charge in [-0.15, -0.1) is 0 Å². The summed E-state index contributed by atoms with van der Waals surface area (Å²) in [5.41, 5.74) is 2.33. The van der Waals surface area contributed by atoms with Crippen LogP contribution >= 0.6 is 0 Å². The van der Waals surface area contributed by atoms with Crippen molar-refractivity contribution in [2.75, 3.05) is 19.4 Å². The van der Waals surface area contributed by atoms with Crippen LogP contribution in [0.3, 0.4) is 0 Å². The summed E-state index contributed by atoms with van der Waals surface area (Å²) < 4.78 is 25.9. The number of fused-ring (bicyclic) bond motifs is 1. The molecule has 2 N–H and O–H groups in total. The Kier molecular flexibility index (Phi) is 4.36. The molecule has 25 heavy (non-hydrogen) atoms. The number of aromatic nitrogens is 1. The summed E-state index contributed by atoms with van der Waals surface area (Å²) in [6.45, 7) is 1.72. The third-order valence-corrected chi connectivity index (χ3v) is 5.94. The van der Waals surface area contributed by atoms with E-state index in [2.05, 4.69) is 10.3 Å². The van der Waals surface area contributed by atoms with Gasteiger partial charge in [0, 0.05) is 30.7 Å². The maximum Gasteiger partial charge on any atom is 0.272 e. The van der Waals surface area contributed by atoms with E-state index in [1.807, 2.05) is 24.3 Å². The first-order valence-electron chi connectivity index (χ1n) is 7.71. The lowest BCUT2D eigenvalue weighted by Gasteiger charge is -2.15. The first kappa shape index (κ1) is 17.2. The number of sulfonamides is 1. The van der Waals surface area contributed by atoms with Gasteiger partial charge in [0.25, 0.3) is 5.91 Å². The molecule has 0 unspecified atom stereocenters. The van der Waals surface area contributed by atoms with Crippen molar-refractivity contribution in [2.45, 2.75) is 11.8 Å². The molecule has 0 aliphatic carbocycles. The van der Waals surface area contributed by atoms with Crippen LogP contribution in [-0.4, -0.2) is 37.7 Å². The van der Waals surface area contributed by atoms with Crippen molar-refractivity contribution in [1.29, 1.82) is 0 Å². The number of aromatic amines is 1. The lowest BCUT2D eigenvalue weighted by molar-refractivity contribution is 0.102. The van der Waals surface area contributed by atoms with E-state index in [0.29, 0.717) is 16.9 Å². The molecule has 1 heterocycles. The van der Waals surface area contributed by atoms with Gasteiger partial charge in [0.2, 0.25) is 10.0 Å². The van der Waals surface area contributed by atoms with Crippen molar-refractivity contribution in [1.82, 2.24) is 9.29 Å². The number of carbonyl (C=O) groups is 1. The summed E-state index contributed by atoms with van der Waals surface area (Å²) in [6, 6.07) is 14.2.